The smallest absolute Gasteiger partial charge is 0.228 e. The number of amides is 1. The van der Waals surface area contributed by atoms with Gasteiger partial charge < -0.3 is 0 Å². The van der Waals surface area contributed by atoms with Crippen LogP contribution in [0.15, 0.2) is 80.2 Å². The van der Waals surface area contributed by atoms with Gasteiger partial charge in [0.25, 0.3) is 0 Å². The molecule has 0 saturated heterocycles. The SMILES string of the molecule is CCc1cc2c(cc1C)Sc1ccccc1Sc1ccccc1N2C(C)=O. The lowest BCUT2D eigenvalue weighted by Gasteiger charge is -2.26. The summed E-state index contributed by atoms with van der Waals surface area (Å²) in [5, 5.41) is 0. The number of hydrogen-bond donors (Lipinski definition) is 0. The number of benzene rings is 3. The summed E-state index contributed by atoms with van der Waals surface area (Å²) in [6.45, 7) is 5.96. The van der Waals surface area contributed by atoms with Gasteiger partial charge in [0.15, 0.2) is 0 Å². The minimum atomic E-state index is 0.0294. The maximum atomic E-state index is 12.8. The molecule has 0 saturated carbocycles. The van der Waals surface area contributed by atoms with Crippen molar-refractivity contribution in [3.63, 3.8) is 0 Å². The molecule has 0 aliphatic carbocycles. The monoisotopic (exact) mass is 391 g/mol. The van der Waals surface area contributed by atoms with E-state index in [0.717, 1.165) is 27.6 Å². The molecule has 1 aliphatic heterocycles. The average Bonchev–Trinajstić information content (AvgIpc) is 2.71. The first-order valence-corrected chi connectivity index (χ1v) is 10.7. The van der Waals surface area contributed by atoms with E-state index >= 15 is 0 Å². The van der Waals surface area contributed by atoms with Gasteiger partial charge in [-0.25, -0.2) is 0 Å². The summed E-state index contributed by atoms with van der Waals surface area (Å²) in [5.41, 5.74) is 4.46. The highest BCUT2D eigenvalue weighted by atomic mass is 32.2. The van der Waals surface area contributed by atoms with Gasteiger partial charge in [-0.2, -0.15) is 0 Å². The van der Waals surface area contributed by atoms with E-state index in [2.05, 4.69) is 56.3 Å². The second-order valence-electron chi connectivity index (χ2n) is 6.57. The summed E-state index contributed by atoms with van der Waals surface area (Å²) in [7, 11) is 0. The third-order valence-electron chi connectivity index (χ3n) is 4.75. The zero-order chi connectivity index (χ0) is 19.0. The predicted molar refractivity (Wildman–Crippen MR) is 115 cm³/mol. The van der Waals surface area contributed by atoms with Crippen molar-refractivity contribution < 1.29 is 4.79 Å². The van der Waals surface area contributed by atoms with Crippen molar-refractivity contribution in [3.05, 3.63) is 71.8 Å². The Balaban J connectivity index is 2.05. The zero-order valence-electron chi connectivity index (χ0n) is 15.7. The largest absolute Gasteiger partial charge is 0.279 e. The normalized spacial score (nSPS) is 12.9. The highest BCUT2D eigenvalue weighted by molar-refractivity contribution is 8.02. The van der Waals surface area contributed by atoms with Crippen LogP contribution in [-0.4, -0.2) is 5.91 Å². The second-order valence-corrected chi connectivity index (χ2v) is 8.74. The van der Waals surface area contributed by atoms with Crippen LogP contribution in [0.1, 0.15) is 25.0 Å². The standard InChI is InChI=1S/C23H21NOS2/c1-4-17-14-19-23(13-15(17)2)27-22-12-8-7-11-21(22)26-20-10-6-5-9-18(20)24(19)16(3)25/h5-14H,4H2,1-3H3. The zero-order valence-corrected chi connectivity index (χ0v) is 17.3. The van der Waals surface area contributed by atoms with E-state index in [-0.39, 0.29) is 5.91 Å². The lowest BCUT2D eigenvalue weighted by atomic mass is 10.0. The van der Waals surface area contributed by atoms with Crippen LogP contribution in [0.3, 0.4) is 0 Å². The topological polar surface area (TPSA) is 20.3 Å². The Morgan fingerprint density at radius 1 is 0.852 bits per heavy atom. The van der Waals surface area contributed by atoms with Crippen LogP contribution in [-0.2, 0) is 11.2 Å². The number of anilines is 2. The van der Waals surface area contributed by atoms with Crippen LogP contribution in [0.25, 0.3) is 0 Å². The Morgan fingerprint density at radius 3 is 2.07 bits per heavy atom. The quantitative estimate of drug-likeness (QED) is 0.452. The van der Waals surface area contributed by atoms with Crippen molar-refractivity contribution in [3.8, 4) is 0 Å². The maximum Gasteiger partial charge on any atom is 0.228 e. The molecule has 4 heteroatoms. The number of nitrogens with zero attached hydrogens (tertiary/aromatic N) is 1. The van der Waals surface area contributed by atoms with Gasteiger partial charge in [-0.3, -0.25) is 9.69 Å². The molecule has 0 spiro atoms. The summed E-state index contributed by atoms with van der Waals surface area (Å²) in [6.07, 6.45) is 0.947. The minimum absolute atomic E-state index is 0.0294. The molecule has 0 radical (unpaired) electrons. The first kappa shape index (κ1) is 18.2. The summed E-state index contributed by atoms with van der Waals surface area (Å²) in [6, 6.07) is 21.0. The van der Waals surface area contributed by atoms with Crippen molar-refractivity contribution >= 4 is 40.8 Å². The summed E-state index contributed by atoms with van der Waals surface area (Å²) < 4.78 is 0. The molecule has 1 heterocycles. The van der Waals surface area contributed by atoms with E-state index in [9.17, 15) is 4.79 Å². The van der Waals surface area contributed by atoms with Gasteiger partial charge in [0.05, 0.1) is 11.4 Å². The van der Waals surface area contributed by atoms with Crippen molar-refractivity contribution in [2.45, 2.75) is 46.8 Å². The van der Waals surface area contributed by atoms with Crippen molar-refractivity contribution in [2.75, 3.05) is 4.90 Å². The van der Waals surface area contributed by atoms with Crippen molar-refractivity contribution in [1.82, 2.24) is 0 Å². The summed E-state index contributed by atoms with van der Waals surface area (Å²) in [5.74, 6) is 0.0294. The first-order chi connectivity index (χ1) is 13.1. The Labute approximate surface area is 169 Å². The van der Waals surface area contributed by atoms with Crippen LogP contribution < -0.4 is 4.90 Å². The van der Waals surface area contributed by atoms with E-state index in [4.69, 9.17) is 0 Å². The van der Waals surface area contributed by atoms with E-state index in [1.165, 1.54) is 20.9 Å². The van der Waals surface area contributed by atoms with Crippen LogP contribution >= 0.6 is 23.5 Å². The van der Waals surface area contributed by atoms with Gasteiger partial charge in [-0.15, -0.1) is 0 Å². The number of para-hydroxylation sites is 1. The Kier molecular flexibility index (Phi) is 5.02. The molecule has 0 atom stereocenters. The third kappa shape index (κ3) is 3.40. The second kappa shape index (κ2) is 7.45. The van der Waals surface area contributed by atoms with Crippen LogP contribution in [0.5, 0.6) is 0 Å². The number of aryl methyl sites for hydroxylation is 2. The molecule has 4 rings (SSSR count). The van der Waals surface area contributed by atoms with E-state index in [0.29, 0.717) is 0 Å². The molecule has 0 fully saturated rings. The molecule has 27 heavy (non-hydrogen) atoms. The Morgan fingerprint density at radius 2 is 1.44 bits per heavy atom. The van der Waals surface area contributed by atoms with Gasteiger partial charge in [0, 0.05) is 26.5 Å². The van der Waals surface area contributed by atoms with Gasteiger partial charge >= 0.3 is 0 Å². The molecular formula is C23H21NOS2. The molecule has 0 N–H and O–H groups in total. The molecule has 1 aliphatic rings. The molecule has 0 bridgehead atoms. The third-order valence-corrected chi connectivity index (χ3v) is 7.14. The van der Waals surface area contributed by atoms with Gasteiger partial charge in [0.2, 0.25) is 5.91 Å². The molecule has 1 amide bonds. The van der Waals surface area contributed by atoms with Crippen molar-refractivity contribution in [2.24, 2.45) is 0 Å². The van der Waals surface area contributed by atoms with E-state index in [1.807, 2.05) is 23.1 Å². The fraction of sp³-hybridized carbons (Fsp3) is 0.174. The molecule has 3 aromatic carbocycles. The summed E-state index contributed by atoms with van der Waals surface area (Å²) >= 11 is 3.46. The fourth-order valence-electron chi connectivity index (χ4n) is 3.40. The molecule has 0 aromatic heterocycles. The maximum absolute atomic E-state index is 12.8. The lowest BCUT2D eigenvalue weighted by molar-refractivity contribution is -0.115. The first-order valence-electron chi connectivity index (χ1n) is 9.06. The number of rotatable bonds is 1. The van der Waals surface area contributed by atoms with Gasteiger partial charge in [-0.1, -0.05) is 54.7 Å². The van der Waals surface area contributed by atoms with Crippen molar-refractivity contribution in [1.29, 1.82) is 0 Å². The van der Waals surface area contributed by atoms with Crippen LogP contribution in [0.4, 0.5) is 11.4 Å². The van der Waals surface area contributed by atoms with Gasteiger partial charge in [-0.05, 0) is 60.9 Å². The summed E-state index contributed by atoms with van der Waals surface area (Å²) in [4.78, 5) is 19.3. The minimum Gasteiger partial charge on any atom is -0.279 e. The van der Waals surface area contributed by atoms with E-state index < -0.39 is 0 Å². The average molecular weight is 392 g/mol. The van der Waals surface area contributed by atoms with Crippen LogP contribution in [0, 0.1) is 6.92 Å². The highest BCUT2D eigenvalue weighted by Crippen LogP contribution is 2.49. The Bertz CT molecular complexity index is 1030. The van der Waals surface area contributed by atoms with Gasteiger partial charge in [0.1, 0.15) is 0 Å². The number of carbonyl (C=O) groups is 1. The Hall–Kier alpha value is -2.17. The number of hydrogen-bond acceptors (Lipinski definition) is 3. The lowest BCUT2D eigenvalue weighted by Crippen LogP contribution is -2.24. The fourth-order valence-corrected chi connectivity index (χ4v) is 5.66. The highest BCUT2D eigenvalue weighted by Gasteiger charge is 2.25. The molecule has 2 nitrogen and oxygen atoms in total. The molecule has 136 valence electrons. The molecule has 0 unspecified atom stereocenters. The molecular weight excluding hydrogens is 370 g/mol. The number of fused-ring (bicyclic) bond motifs is 3. The molecule has 3 aromatic rings. The van der Waals surface area contributed by atoms with E-state index in [1.54, 1.807) is 30.4 Å². The van der Waals surface area contributed by atoms with Crippen LogP contribution in [0.2, 0.25) is 0 Å². The number of carbonyl (C=O) groups excluding carboxylic acids is 1. The predicted octanol–water partition coefficient (Wildman–Crippen LogP) is 6.86.